The fourth-order valence-corrected chi connectivity index (χ4v) is 5.01. The molecule has 0 fully saturated rings. The molecule has 3 N–H and O–H groups in total. The lowest BCUT2D eigenvalue weighted by Gasteiger charge is -2.26. The highest BCUT2D eigenvalue weighted by Gasteiger charge is 2.31. The van der Waals surface area contributed by atoms with Crippen molar-refractivity contribution in [3.63, 3.8) is 0 Å². The molecule has 5 rings (SSSR count). The molecular formula is C26H32FN5. The van der Waals surface area contributed by atoms with E-state index in [0.717, 1.165) is 50.3 Å². The van der Waals surface area contributed by atoms with Crippen molar-refractivity contribution in [1.82, 2.24) is 20.9 Å². The van der Waals surface area contributed by atoms with Crippen LogP contribution in [0.15, 0.2) is 48.2 Å². The summed E-state index contributed by atoms with van der Waals surface area (Å²) in [6.45, 7) is 10.3. The molecule has 3 aliphatic rings. The largest absolute Gasteiger partial charge is 0.376 e. The van der Waals surface area contributed by atoms with Gasteiger partial charge in [-0.3, -0.25) is 9.91 Å². The second-order valence-electron chi connectivity index (χ2n) is 9.01. The van der Waals surface area contributed by atoms with Crippen LogP contribution in [0.1, 0.15) is 55.0 Å². The average Bonchev–Trinajstić information content (AvgIpc) is 3.10. The smallest absolute Gasteiger partial charge is 0.146 e. The van der Waals surface area contributed by atoms with Gasteiger partial charge in [0.15, 0.2) is 0 Å². The maximum atomic E-state index is 14.6. The number of aryl methyl sites for hydroxylation is 1. The molecule has 5 nitrogen and oxygen atoms in total. The molecule has 6 heteroatoms. The molecule has 0 saturated carbocycles. The van der Waals surface area contributed by atoms with Crippen molar-refractivity contribution < 1.29 is 4.39 Å². The summed E-state index contributed by atoms with van der Waals surface area (Å²) in [5.41, 5.74) is 15.5. The van der Waals surface area contributed by atoms with Crippen LogP contribution in [0.4, 0.5) is 10.1 Å². The van der Waals surface area contributed by atoms with Crippen LogP contribution in [0.5, 0.6) is 0 Å². The van der Waals surface area contributed by atoms with E-state index in [9.17, 15) is 4.39 Å². The molecule has 2 aromatic rings. The highest BCUT2D eigenvalue weighted by atomic mass is 19.1. The van der Waals surface area contributed by atoms with E-state index in [-0.39, 0.29) is 11.9 Å². The summed E-state index contributed by atoms with van der Waals surface area (Å²) in [5.74, 6) is -0.206. The average molecular weight is 434 g/mol. The predicted molar refractivity (Wildman–Crippen MR) is 129 cm³/mol. The molecule has 168 valence electrons. The molecule has 0 aromatic heterocycles. The van der Waals surface area contributed by atoms with Gasteiger partial charge < -0.3 is 10.7 Å². The Morgan fingerprint density at radius 1 is 1.12 bits per heavy atom. The van der Waals surface area contributed by atoms with E-state index >= 15 is 0 Å². The molecule has 2 aromatic carbocycles. The van der Waals surface area contributed by atoms with Gasteiger partial charge in [0.25, 0.3) is 0 Å². The Balaban J connectivity index is 1.56. The Labute approximate surface area is 189 Å². The van der Waals surface area contributed by atoms with E-state index < -0.39 is 0 Å². The van der Waals surface area contributed by atoms with Crippen LogP contribution in [0.3, 0.4) is 0 Å². The van der Waals surface area contributed by atoms with Crippen LogP contribution < -0.4 is 16.3 Å². The number of rotatable bonds is 4. The third-order valence-electron chi connectivity index (χ3n) is 6.89. The minimum absolute atomic E-state index is 0.0188. The monoisotopic (exact) mass is 433 g/mol. The number of hydrogen-bond acceptors (Lipinski definition) is 5. The molecule has 3 heterocycles. The molecule has 1 unspecified atom stereocenters. The van der Waals surface area contributed by atoms with Gasteiger partial charge in [-0.2, -0.15) is 0 Å². The van der Waals surface area contributed by atoms with E-state index in [1.54, 1.807) is 6.07 Å². The van der Waals surface area contributed by atoms with E-state index in [4.69, 9.17) is 0 Å². The normalized spacial score (nSPS) is 20.9. The molecule has 0 radical (unpaired) electrons. The number of hydrazine groups is 2. The first kappa shape index (κ1) is 21.0. The summed E-state index contributed by atoms with van der Waals surface area (Å²) in [7, 11) is 0. The van der Waals surface area contributed by atoms with Crippen molar-refractivity contribution in [1.29, 1.82) is 0 Å². The van der Waals surface area contributed by atoms with Gasteiger partial charge in [0.2, 0.25) is 0 Å². The van der Waals surface area contributed by atoms with Crippen LogP contribution in [0, 0.1) is 12.7 Å². The summed E-state index contributed by atoms with van der Waals surface area (Å²) >= 11 is 0. The number of hydrogen-bond donors (Lipinski definition) is 3. The first-order valence-corrected chi connectivity index (χ1v) is 11.6. The Morgan fingerprint density at radius 3 is 2.78 bits per heavy atom. The van der Waals surface area contributed by atoms with E-state index in [1.807, 2.05) is 19.1 Å². The van der Waals surface area contributed by atoms with E-state index in [2.05, 4.69) is 64.3 Å². The van der Waals surface area contributed by atoms with Crippen molar-refractivity contribution in [3.8, 4) is 0 Å². The minimum Gasteiger partial charge on any atom is -0.376 e. The summed E-state index contributed by atoms with van der Waals surface area (Å²) < 4.78 is 14.6. The van der Waals surface area contributed by atoms with Gasteiger partial charge in [0.1, 0.15) is 5.82 Å². The lowest BCUT2D eigenvalue weighted by atomic mass is 9.90. The molecule has 3 aliphatic heterocycles. The van der Waals surface area contributed by atoms with E-state index in [1.165, 1.54) is 28.0 Å². The number of benzene rings is 2. The summed E-state index contributed by atoms with van der Waals surface area (Å²) in [6, 6.07) is 12.1. The highest BCUT2D eigenvalue weighted by molar-refractivity contribution is 5.76. The molecule has 0 spiro atoms. The zero-order chi connectivity index (χ0) is 22.2. The van der Waals surface area contributed by atoms with Crippen LogP contribution in [-0.4, -0.2) is 36.1 Å². The number of nitrogens with one attached hydrogen (secondary N) is 3. The molecule has 0 saturated heterocycles. The fourth-order valence-electron chi connectivity index (χ4n) is 5.01. The van der Waals surface area contributed by atoms with E-state index in [0.29, 0.717) is 5.69 Å². The highest BCUT2D eigenvalue weighted by Crippen LogP contribution is 2.39. The molecule has 1 atom stereocenters. The molecule has 0 bridgehead atoms. The van der Waals surface area contributed by atoms with Crippen LogP contribution >= 0.6 is 0 Å². The zero-order valence-electron chi connectivity index (χ0n) is 19.1. The topological polar surface area (TPSA) is 42.6 Å². The standard InChI is InChI=1S/C26H32FN5/c1-4-31-12-9-19(10-13-31)20-6-7-21-22(16-20)24(11-14-32-26(21)18(3)29-30-32)28-25-15-17(2)5-8-23(25)27/h5-9,15-16,24,28-30H,4,10-14H2,1-3H3. The number of halogens is 1. The van der Waals surface area contributed by atoms with Crippen LogP contribution in [0.2, 0.25) is 0 Å². The summed E-state index contributed by atoms with van der Waals surface area (Å²) in [6.07, 6.45) is 4.29. The van der Waals surface area contributed by atoms with Crippen molar-refractivity contribution in [2.45, 2.75) is 39.7 Å². The summed E-state index contributed by atoms with van der Waals surface area (Å²) in [4.78, 5) is 2.46. The SMILES string of the molecule is CCN1CC=C(c2ccc3c(c2)C(Nc2cc(C)ccc2F)CCN2NNC(C)=C32)CC1. The van der Waals surface area contributed by atoms with Crippen molar-refractivity contribution in [2.24, 2.45) is 0 Å². The van der Waals surface area contributed by atoms with Gasteiger partial charge >= 0.3 is 0 Å². The van der Waals surface area contributed by atoms with Crippen molar-refractivity contribution in [3.05, 3.63) is 76.2 Å². The molecule has 32 heavy (non-hydrogen) atoms. The van der Waals surface area contributed by atoms with Crippen molar-refractivity contribution in [2.75, 3.05) is 31.5 Å². The Bertz CT molecular complexity index is 1090. The quantitative estimate of drug-likeness (QED) is 0.646. The second-order valence-corrected chi connectivity index (χ2v) is 9.01. The predicted octanol–water partition coefficient (Wildman–Crippen LogP) is 4.81. The fraction of sp³-hybridized carbons (Fsp3) is 0.385. The summed E-state index contributed by atoms with van der Waals surface area (Å²) in [5, 5.41) is 5.70. The minimum atomic E-state index is -0.206. The third-order valence-corrected chi connectivity index (χ3v) is 6.89. The second kappa shape index (κ2) is 8.60. The molecule has 0 aliphatic carbocycles. The number of nitrogens with zero attached hydrogens (tertiary/aromatic N) is 2. The van der Waals surface area contributed by atoms with Gasteiger partial charge in [-0.05, 0) is 73.7 Å². The Kier molecular flexibility index (Phi) is 5.66. The maximum absolute atomic E-state index is 14.6. The van der Waals surface area contributed by atoms with Gasteiger partial charge in [-0.1, -0.05) is 31.2 Å². The number of fused-ring (bicyclic) bond motifs is 3. The lowest BCUT2D eigenvalue weighted by molar-refractivity contribution is 0.281. The zero-order valence-corrected chi connectivity index (χ0v) is 19.1. The lowest BCUT2D eigenvalue weighted by Crippen LogP contribution is -2.38. The molecular weight excluding hydrogens is 401 g/mol. The van der Waals surface area contributed by atoms with Gasteiger partial charge in [0, 0.05) is 25.2 Å². The van der Waals surface area contributed by atoms with Crippen LogP contribution in [-0.2, 0) is 0 Å². The third kappa shape index (κ3) is 3.89. The molecule has 0 amide bonds. The number of likely N-dealkylation sites (N-methyl/N-ethyl adjacent to an activating group) is 1. The van der Waals surface area contributed by atoms with Crippen LogP contribution in [0.25, 0.3) is 11.3 Å². The first-order valence-electron chi connectivity index (χ1n) is 11.6. The number of allylic oxidation sites excluding steroid dienone is 1. The van der Waals surface area contributed by atoms with Gasteiger partial charge in [-0.15, -0.1) is 5.53 Å². The van der Waals surface area contributed by atoms with Crippen molar-refractivity contribution >= 4 is 17.0 Å². The van der Waals surface area contributed by atoms with Gasteiger partial charge in [0.05, 0.1) is 23.1 Å². The Morgan fingerprint density at radius 2 is 2.00 bits per heavy atom. The maximum Gasteiger partial charge on any atom is 0.146 e. The van der Waals surface area contributed by atoms with Gasteiger partial charge in [-0.25, -0.2) is 4.39 Å². The Hall–Kier alpha value is -2.83. The first-order chi connectivity index (χ1) is 15.5. The number of anilines is 1.